The van der Waals surface area contributed by atoms with Crippen LogP contribution in [0.5, 0.6) is 0 Å². The van der Waals surface area contributed by atoms with Gasteiger partial charge in [0.05, 0.1) is 24.6 Å². The quantitative estimate of drug-likeness (QED) is 0.552. The number of anilines is 1. The monoisotopic (exact) mass is 470 g/mol. The second-order valence-corrected chi connectivity index (χ2v) is 9.40. The number of benzene rings is 1. The molecule has 8 heteroatoms. The Morgan fingerprint density at radius 1 is 0.939 bits per heavy atom. The summed E-state index contributed by atoms with van der Waals surface area (Å²) in [7, 11) is 0. The molecule has 0 spiro atoms. The number of amides is 1. The van der Waals surface area contributed by atoms with Gasteiger partial charge in [-0.25, -0.2) is 4.98 Å². The highest BCUT2D eigenvalue weighted by atomic mass is 35.5. The zero-order valence-corrected chi connectivity index (χ0v) is 20.4. The van der Waals surface area contributed by atoms with E-state index in [9.17, 15) is 4.79 Å². The fraction of sp³-hybridized carbons (Fsp3) is 0.560. The number of carbonyl (C=O) groups is 1. The molecular formula is C25H35ClN6O. The molecule has 3 heterocycles. The molecule has 7 nitrogen and oxygen atoms in total. The molecule has 33 heavy (non-hydrogen) atoms. The summed E-state index contributed by atoms with van der Waals surface area (Å²) in [6.07, 6.45) is 7.45. The minimum absolute atomic E-state index is 0.266. The zero-order chi connectivity index (χ0) is 23.0. The summed E-state index contributed by atoms with van der Waals surface area (Å²) in [5, 5.41) is 0.692. The molecule has 0 N–H and O–H groups in total. The highest BCUT2D eigenvalue weighted by Crippen LogP contribution is 2.22. The van der Waals surface area contributed by atoms with Gasteiger partial charge in [0.1, 0.15) is 5.82 Å². The van der Waals surface area contributed by atoms with Gasteiger partial charge in [-0.15, -0.1) is 0 Å². The van der Waals surface area contributed by atoms with E-state index < -0.39 is 0 Å². The fourth-order valence-electron chi connectivity index (χ4n) is 4.51. The van der Waals surface area contributed by atoms with Gasteiger partial charge in [-0.1, -0.05) is 43.5 Å². The van der Waals surface area contributed by atoms with Gasteiger partial charge in [-0.2, -0.15) is 0 Å². The Labute approximate surface area is 202 Å². The number of unbranched alkanes of at least 4 members (excludes halogenated alkanes) is 2. The van der Waals surface area contributed by atoms with Crippen LogP contribution in [0.1, 0.15) is 26.2 Å². The van der Waals surface area contributed by atoms with Crippen LogP contribution in [0.25, 0.3) is 11.3 Å². The molecule has 2 fully saturated rings. The Morgan fingerprint density at radius 3 is 2.36 bits per heavy atom. The summed E-state index contributed by atoms with van der Waals surface area (Å²) < 4.78 is 0. The van der Waals surface area contributed by atoms with Crippen LogP contribution in [0.15, 0.2) is 36.7 Å². The summed E-state index contributed by atoms with van der Waals surface area (Å²) >= 11 is 6.09. The summed E-state index contributed by atoms with van der Waals surface area (Å²) in [6.45, 7) is 11.1. The Bertz CT molecular complexity index is 892. The minimum Gasteiger partial charge on any atom is -0.353 e. The molecule has 178 valence electrons. The lowest BCUT2D eigenvalue weighted by Gasteiger charge is -2.38. The van der Waals surface area contributed by atoms with Crippen LogP contribution in [0, 0.1) is 0 Å². The van der Waals surface area contributed by atoms with E-state index in [0.29, 0.717) is 11.6 Å². The van der Waals surface area contributed by atoms with Gasteiger partial charge in [0.15, 0.2) is 0 Å². The summed E-state index contributed by atoms with van der Waals surface area (Å²) in [5.74, 6) is 1.15. The van der Waals surface area contributed by atoms with E-state index in [1.807, 2.05) is 35.4 Å². The highest BCUT2D eigenvalue weighted by molar-refractivity contribution is 6.30. The number of halogens is 1. The fourth-order valence-corrected chi connectivity index (χ4v) is 4.70. The van der Waals surface area contributed by atoms with Crippen molar-refractivity contribution in [2.24, 2.45) is 0 Å². The maximum atomic E-state index is 12.8. The molecule has 1 aromatic carbocycles. The van der Waals surface area contributed by atoms with Gasteiger partial charge in [0.25, 0.3) is 0 Å². The zero-order valence-electron chi connectivity index (χ0n) is 19.6. The normalized spacial score (nSPS) is 18.0. The molecule has 0 aliphatic carbocycles. The van der Waals surface area contributed by atoms with Gasteiger partial charge in [-0.05, 0) is 25.1 Å². The lowest BCUT2D eigenvalue weighted by molar-refractivity contribution is -0.134. The Morgan fingerprint density at radius 2 is 1.70 bits per heavy atom. The van der Waals surface area contributed by atoms with Gasteiger partial charge < -0.3 is 9.80 Å². The average molecular weight is 471 g/mol. The molecule has 0 radical (unpaired) electrons. The van der Waals surface area contributed by atoms with Crippen LogP contribution in [0.2, 0.25) is 5.02 Å². The van der Waals surface area contributed by atoms with Crippen molar-refractivity contribution < 1.29 is 4.79 Å². The number of aromatic nitrogens is 2. The molecule has 2 aromatic rings. The second kappa shape index (κ2) is 11.8. The van der Waals surface area contributed by atoms with Crippen LogP contribution < -0.4 is 4.90 Å². The van der Waals surface area contributed by atoms with Crippen LogP contribution in [0.4, 0.5) is 5.82 Å². The van der Waals surface area contributed by atoms with Crippen molar-refractivity contribution in [1.29, 1.82) is 0 Å². The Kier molecular flexibility index (Phi) is 8.53. The van der Waals surface area contributed by atoms with E-state index in [-0.39, 0.29) is 5.91 Å². The number of hydrogen-bond donors (Lipinski definition) is 0. The summed E-state index contributed by atoms with van der Waals surface area (Å²) in [5.41, 5.74) is 1.78. The highest BCUT2D eigenvalue weighted by Gasteiger charge is 2.25. The third kappa shape index (κ3) is 6.65. The number of carbonyl (C=O) groups excluding carboxylic acids is 1. The maximum Gasteiger partial charge on any atom is 0.236 e. The molecular weight excluding hydrogens is 436 g/mol. The lowest BCUT2D eigenvalue weighted by atomic mass is 10.2. The van der Waals surface area contributed by atoms with Crippen LogP contribution in [-0.2, 0) is 4.79 Å². The van der Waals surface area contributed by atoms with E-state index in [0.717, 1.165) is 69.4 Å². The topological polar surface area (TPSA) is 55.8 Å². The molecule has 2 aliphatic heterocycles. The predicted molar refractivity (Wildman–Crippen MR) is 134 cm³/mol. The third-order valence-corrected chi connectivity index (χ3v) is 6.85. The molecule has 0 atom stereocenters. The minimum atomic E-state index is 0.266. The van der Waals surface area contributed by atoms with Gasteiger partial charge in [-0.3, -0.25) is 19.6 Å². The Hall–Kier alpha value is -2.22. The molecule has 4 rings (SSSR count). The molecule has 1 amide bonds. The second-order valence-electron chi connectivity index (χ2n) is 8.96. The first kappa shape index (κ1) is 23.9. The SMILES string of the molecule is CCCCCN1CCN(C(=O)CN2CCN(c3cnc(-c4cccc(Cl)c4)cn3)CC2)CC1. The summed E-state index contributed by atoms with van der Waals surface area (Å²) in [6, 6.07) is 7.65. The predicted octanol–water partition coefficient (Wildman–Crippen LogP) is 3.25. The van der Waals surface area contributed by atoms with Crippen molar-refractivity contribution in [1.82, 2.24) is 24.7 Å². The molecule has 2 aliphatic rings. The van der Waals surface area contributed by atoms with E-state index in [4.69, 9.17) is 11.6 Å². The van der Waals surface area contributed by atoms with Crippen LogP contribution >= 0.6 is 11.6 Å². The number of piperazine rings is 2. The van der Waals surface area contributed by atoms with Crippen molar-refractivity contribution in [2.75, 3.05) is 70.3 Å². The maximum absolute atomic E-state index is 12.8. The first-order chi connectivity index (χ1) is 16.1. The van der Waals surface area contributed by atoms with Gasteiger partial charge in [0.2, 0.25) is 5.91 Å². The van der Waals surface area contributed by atoms with E-state index >= 15 is 0 Å². The van der Waals surface area contributed by atoms with Crippen molar-refractivity contribution in [3.8, 4) is 11.3 Å². The van der Waals surface area contributed by atoms with Crippen LogP contribution in [-0.4, -0.2) is 96.0 Å². The first-order valence-electron chi connectivity index (χ1n) is 12.2. The number of nitrogens with zero attached hydrogens (tertiary/aromatic N) is 6. The first-order valence-corrected chi connectivity index (χ1v) is 12.6. The standard InChI is InChI=1S/C25H35ClN6O/c1-2-3-4-8-29-9-15-32(16-10-29)25(33)20-30-11-13-31(14-12-30)24-19-27-23(18-28-24)21-6-5-7-22(26)17-21/h5-7,17-19H,2-4,8-16,20H2,1H3. The van der Waals surface area contributed by atoms with E-state index in [1.165, 1.54) is 25.8 Å². The smallest absolute Gasteiger partial charge is 0.236 e. The van der Waals surface area contributed by atoms with Crippen molar-refractivity contribution in [3.63, 3.8) is 0 Å². The molecule has 0 bridgehead atoms. The third-order valence-electron chi connectivity index (χ3n) is 6.62. The van der Waals surface area contributed by atoms with Gasteiger partial charge >= 0.3 is 0 Å². The van der Waals surface area contributed by atoms with Crippen molar-refractivity contribution >= 4 is 23.3 Å². The molecule has 0 saturated carbocycles. The number of rotatable bonds is 8. The summed E-state index contributed by atoms with van der Waals surface area (Å²) in [4.78, 5) is 31.1. The largest absolute Gasteiger partial charge is 0.353 e. The van der Waals surface area contributed by atoms with Gasteiger partial charge in [0, 0.05) is 62.9 Å². The number of hydrogen-bond acceptors (Lipinski definition) is 6. The van der Waals surface area contributed by atoms with Crippen LogP contribution in [0.3, 0.4) is 0 Å². The molecule has 1 aromatic heterocycles. The van der Waals surface area contributed by atoms with E-state index in [2.05, 4.69) is 31.6 Å². The van der Waals surface area contributed by atoms with E-state index in [1.54, 1.807) is 6.20 Å². The Balaban J connectivity index is 1.20. The molecule has 2 saturated heterocycles. The molecule has 0 unspecified atom stereocenters. The lowest BCUT2D eigenvalue weighted by Crippen LogP contribution is -2.54. The average Bonchev–Trinajstić information content (AvgIpc) is 2.85. The van der Waals surface area contributed by atoms with Crippen molar-refractivity contribution in [2.45, 2.75) is 26.2 Å². The van der Waals surface area contributed by atoms with Crippen molar-refractivity contribution in [3.05, 3.63) is 41.7 Å².